The van der Waals surface area contributed by atoms with Crippen molar-refractivity contribution in [1.82, 2.24) is 15.3 Å². The average Bonchev–Trinajstić information content (AvgIpc) is 3.35. The summed E-state index contributed by atoms with van der Waals surface area (Å²) in [6.45, 7) is 0. The quantitative estimate of drug-likeness (QED) is 0.586. The molecule has 8 nitrogen and oxygen atoms in total. The lowest BCUT2D eigenvalue weighted by molar-refractivity contribution is -0.137. The van der Waals surface area contributed by atoms with Crippen molar-refractivity contribution in [3.05, 3.63) is 71.2 Å². The fourth-order valence-electron chi connectivity index (χ4n) is 4.51. The summed E-state index contributed by atoms with van der Waals surface area (Å²) < 4.78 is 50.8. The Labute approximate surface area is 196 Å². The number of nitrogens with zero attached hydrogens (tertiary/aromatic N) is 2. The molecule has 2 N–H and O–H groups in total. The Hall–Kier alpha value is -4.15. The Kier molecular flexibility index (Phi) is 4.70. The topological polar surface area (TPSA) is 102 Å². The van der Waals surface area contributed by atoms with Crippen LogP contribution in [-0.2, 0) is 17.4 Å². The number of hydrogen-bond donors (Lipinski definition) is 2. The number of carbonyl (C=O) groups is 2. The molecule has 1 aromatic carbocycles. The van der Waals surface area contributed by atoms with Crippen LogP contribution >= 0.6 is 0 Å². The molecule has 11 heteroatoms. The molecule has 3 aliphatic rings. The molecular weight excluding hydrogens is 465 g/mol. The molecule has 178 valence electrons. The number of aromatic nitrogens is 2. The van der Waals surface area contributed by atoms with Crippen molar-refractivity contribution >= 4 is 17.6 Å². The molecule has 6 rings (SSSR count). The number of pyridine rings is 2. The lowest BCUT2D eigenvalue weighted by Crippen LogP contribution is -2.31. The van der Waals surface area contributed by atoms with Gasteiger partial charge in [0.15, 0.2) is 0 Å². The minimum absolute atomic E-state index is 0.0926. The standard InChI is InChI=1S/C24H17F3N4O4/c25-24(26,27)11-5-7-28-15(9-11)23(33)31-20-19-14-10-12(1-3-16(14)35-21(19)20)34-17-6-8-29-22-13(17)2-4-18(32)30-22/h1,3,5-10,19-21H,2,4H2,(H,31,33)(H,29,30,32). The van der Waals surface area contributed by atoms with Crippen molar-refractivity contribution in [3.8, 4) is 17.2 Å². The second-order valence-electron chi connectivity index (χ2n) is 8.52. The van der Waals surface area contributed by atoms with Gasteiger partial charge in [-0.3, -0.25) is 14.6 Å². The number of rotatable bonds is 4. The van der Waals surface area contributed by atoms with Crippen molar-refractivity contribution in [3.63, 3.8) is 0 Å². The van der Waals surface area contributed by atoms with Crippen LogP contribution in [0.25, 0.3) is 0 Å². The van der Waals surface area contributed by atoms with Crippen molar-refractivity contribution in [2.75, 3.05) is 5.32 Å². The van der Waals surface area contributed by atoms with Gasteiger partial charge in [0.25, 0.3) is 5.91 Å². The van der Waals surface area contributed by atoms with Crippen LogP contribution in [-0.4, -0.2) is 33.9 Å². The van der Waals surface area contributed by atoms with Crippen LogP contribution in [0, 0.1) is 0 Å². The predicted octanol–water partition coefficient (Wildman–Crippen LogP) is 3.83. The molecule has 0 saturated heterocycles. The van der Waals surface area contributed by atoms with Gasteiger partial charge < -0.3 is 20.1 Å². The van der Waals surface area contributed by atoms with Gasteiger partial charge in [-0.1, -0.05) is 0 Å². The first-order valence-electron chi connectivity index (χ1n) is 10.9. The van der Waals surface area contributed by atoms with Crippen LogP contribution in [0.4, 0.5) is 19.0 Å². The zero-order valence-corrected chi connectivity index (χ0v) is 17.9. The zero-order valence-electron chi connectivity index (χ0n) is 17.9. The van der Waals surface area contributed by atoms with Gasteiger partial charge in [-0.25, -0.2) is 4.98 Å². The highest BCUT2D eigenvalue weighted by Crippen LogP contribution is 2.54. The summed E-state index contributed by atoms with van der Waals surface area (Å²) >= 11 is 0. The predicted molar refractivity (Wildman–Crippen MR) is 115 cm³/mol. The van der Waals surface area contributed by atoms with E-state index in [9.17, 15) is 22.8 Å². The van der Waals surface area contributed by atoms with Gasteiger partial charge in [0.05, 0.1) is 17.5 Å². The third-order valence-electron chi connectivity index (χ3n) is 6.28. The van der Waals surface area contributed by atoms with E-state index < -0.39 is 17.6 Å². The maximum absolute atomic E-state index is 13.0. The number of hydrogen-bond acceptors (Lipinski definition) is 6. The highest BCUT2D eigenvalue weighted by Gasteiger charge is 2.59. The van der Waals surface area contributed by atoms with Gasteiger partial charge >= 0.3 is 6.18 Å². The van der Waals surface area contributed by atoms with Gasteiger partial charge in [0.2, 0.25) is 5.91 Å². The molecule has 0 bridgehead atoms. The van der Waals surface area contributed by atoms with Crippen molar-refractivity contribution in [1.29, 1.82) is 0 Å². The van der Waals surface area contributed by atoms with E-state index in [1.807, 2.05) is 6.07 Å². The summed E-state index contributed by atoms with van der Waals surface area (Å²) in [5.41, 5.74) is 0.407. The van der Waals surface area contributed by atoms with Gasteiger partial charge in [0.1, 0.15) is 34.9 Å². The number of benzene rings is 1. The molecule has 1 fully saturated rings. The van der Waals surface area contributed by atoms with E-state index in [4.69, 9.17) is 9.47 Å². The first-order chi connectivity index (χ1) is 16.8. The van der Waals surface area contributed by atoms with Crippen LogP contribution in [0.1, 0.15) is 39.5 Å². The highest BCUT2D eigenvalue weighted by atomic mass is 19.4. The molecule has 3 atom stereocenters. The first kappa shape index (κ1) is 21.4. The summed E-state index contributed by atoms with van der Waals surface area (Å²) in [7, 11) is 0. The van der Waals surface area contributed by atoms with Gasteiger partial charge in [-0.15, -0.1) is 0 Å². The summed E-state index contributed by atoms with van der Waals surface area (Å²) in [5, 5.41) is 5.46. The maximum atomic E-state index is 13.0. The molecule has 2 amide bonds. The normalized spacial score (nSPS) is 21.7. The van der Waals surface area contributed by atoms with Crippen molar-refractivity contribution in [2.45, 2.75) is 37.1 Å². The number of ether oxygens (including phenoxy) is 2. The molecule has 0 spiro atoms. The lowest BCUT2D eigenvalue weighted by atomic mass is 10.1. The molecule has 1 aliphatic carbocycles. The Bertz CT molecular complexity index is 1380. The second-order valence-corrected chi connectivity index (χ2v) is 8.52. The molecule has 35 heavy (non-hydrogen) atoms. The van der Waals surface area contributed by atoms with Crippen molar-refractivity contribution < 1.29 is 32.2 Å². The molecule has 3 unspecified atom stereocenters. The Balaban J connectivity index is 1.18. The Morgan fingerprint density at radius 2 is 1.94 bits per heavy atom. The van der Waals surface area contributed by atoms with Crippen LogP contribution < -0.4 is 20.1 Å². The van der Waals surface area contributed by atoms with E-state index in [1.165, 1.54) is 0 Å². The largest absolute Gasteiger partial charge is 0.487 e. The van der Waals surface area contributed by atoms with E-state index in [0.717, 1.165) is 29.5 Å². The fourth-order valence-corrected chi connectivity index (χ4v) is 4.51. The van der Waals surface area contributed by atoms with E-state index in [2.05, 4.69) is 20.6 Å². The lowest BCUT2D eigenvalue weighted by Gasteiger charge is -2.19. The van der Waals surface area contributed by atoms with Crippen LogP contribution in [0.2, 0.25) is 0 Å². The third-order valence-corrected chi connectivity index (χ3v) is 6.28. The SMILES string of the molecule is O=C1CCc2c(Oc3ccc4c(c3)C3C(NC(=O)c5cc(C(F)(F)F)ccn5)C3O4)ccnc2N1. The van der Waals surface area contributed by atoms with Crippen LogP contribution in [0.3, 0.4) is 0 Å². The van der Waals surface area contributed by atoms with Gasteiger partial charge in [-0.2, -0.15) is 13.2 Å². The number of alkyl halides is 3. The van der Waals surface area contributed by atoms with Gasteiger partial charge in [0, 0.05) is 29.9 Å². The summed E-state index contributed by atoms with van der Waals surface area (Å²) in [6, 6.07) is 8.25. The second kappa shape index (κ2) is 7.69. The average molecular weight is 482 g/mol. The molecule has 1 saturated carbocycles. The maximum Gasteiger partial charge on any atom is 0.416 e. The summed E-state index contributed by atoms with van der Waals surface area (Å²) in [4.78, 5) is 32.1. The minimum atomic E-state index is -4.56. The Morgan fingerprint density at radius 1 is 1.11 bits per heavy atom. The minimum Gasteiger partial charge on any atom is -0.487 e. The number of carbonyl (C=O) groups excluding carboxylic acids is 2. The summed E-state index contributed by atoms with van der Waals surface area (Å²) in [6.07, 6.45) is -1.49. The van der Waals surface area contributed by atoms with E-state index in [-0.39, 0.29) is 29.7 Å². The van der Waals surface area contributed by atoms with E-state index in [1.54, 1.807) is 24.4 Å². The summed E-state index contributed by atoms with van der Waals surface area (Å²) in [5.74, 6) is 1.35. The monoisotopic (exact) mass is 482 g/mol. The van der Waals surface area contributed by atoms with Crippen LogP contribution in [0.5, 0.6) is 17.2 Å². The Morgan fingerprint density at radius 3 is 2.77 bits per heavy atom. The molecule has 0 radical (unpaired) electrons. The number of fused-ring (bicyclic) bond motifs is 4. The highest BCUT2D eigenvalue weighted by molar-refractivity contribution is 5.93. The van der Waals surface area contributed by atoms with Crippen molar-refractivity contribution in [2.24, 2.45) is 0 Å². The molecule has 4 heterocycles. The molecule has 2 aromatic heterocycles. The van der Waals surface area contributed by atoms with Crippen LogP contribution in [0.15, 0.2) is 48.8 Å². The van der Waals surface area contributed by atoms with Gasteiger partial charge in [-0.05, 0) is 42.8 Å². The first-order valence-corrected chi connectivity index (χ1v) is 10.9. The number of halogens is 3. The number of anilines is 1. The third kappa shape index (κ3) is 3.82. The number of nitrogens with one attached hydrogen (secondary N) is 2. The van der Waals surface area contributed by atoms with E-state index >= 15 is 0 Å². The molecular formula is C24H17F3N4O4. The zero-order chi connectivity index (χ0) is 24.3. The molecule has 2 aliphatic heterocycles. The fraction of sp³-hybridized carbons (Fsp3) is 0.250. The number of amides is 2. The smallest absolute Gasteiger partial charge is 0.416 e. The molecule has 3 aromatic rings. The van der Waals surface area contributed by atoms with E-state index in [0.29, 0.717) is 35.9 Å².